The Hall–Kier alpha value is -1.42. The zero-order valence-electron chi connectivity index (χ0n) is 12.2. The van der Waals surface area contributed by atoms with Crippen LogP contribution >= 0.6 is 11.6 Å². The summed E-state index contributed by atoms with van der Waals surface area (Å²) in [4.78, 5) is 7.10. The molecule has 4 heteroatoms. The zero-order valence-corrected chi connectivity index (χ0v) is 13.0. The lowest BCUT2D eigenvalue weighted by atomic mass is 10.00. The first-order chi connectivity index (χ1) is 10.3. The van der Waals surface area contributed by atoms with Gasteiger partial charge in [0.15, 0.2) is 0 Å². The van der Waals surface area contributed by atoms with E-state index >= 15 is 0 Å². The van der Waals surface area contributed by atoms with Crippen molar-refractivity contribution in [1.29, 1.82) is 0 Å². The predicted octanol–water partition coefficient (Wildman–Crippen LogP) is 3.04. The molecule has 1 fully saturated rings. The Kier molecular flexibility index (Phi) is 4.54. The minimum Gasteiger partial charge on any atom is -0.314 e. The van der Waals surface area contributed by atoms with Crippen molar-refractivity contribution >= 4 is 11.6 Å². The highest BCUT2D eigenvalue weighted by molar-refractivity contribution is 6.31. The summed E-state index contributed by atoms with van der Waals surface area (Å²) in [6, 6.07) is 12.5. The lowest BCUT2D eigenvalue weighted by molar-refractivity contribution is 0.195. The third-order valence-corrected chi connectivity index (χ3v) is 4.28. The SMILES string of the molecule is Cc1ccc(C(c2ccccc2Cl)N2CCNCC2)nc1. The number of halogens is 1. The molecule has 3 rings (SSSR count). The van der Waals surface area contributed by atoms with Crippen LogP contribution in [0.25, 0.3) is 0 Å². The Morgan fingerprint density at radius 3 is 2.57 bits per heavy atom. The molecule has 1 aromatic heterocycles. The molecule has 3 nitrogen and oxygen atoms in total. The number of aromatic nitrogens is 1. The zero-order chi connectivity index (χ0) is 14.7. The van der Waals surface area contributed by atoms with Gasteiger partial charge in [0.25, 0.3) is 0 Å². The maximum atomic E-state index is 6.45. The van der Waals surface area contributed by atoms with Crippen LogP contribution < -0.4 is 5.32 Å². The Morgan fingerprint density at radius 2 is 1.90 bits per heavy atom. The van der Waals surface area contributed by atoms with Crippen LogP contribution in [0.15, 0.2) is 42.6 Å². The molecule has 21 heavy (non-hydrogen) atoms. The van der Waals surface area contributed by atoms with Gasteiger partial charge < -0.3 is 5.32 Å². The molecule has 2 aromatic rings. The fourth-order valence-corrected chi connectivity index (χ4v) is 3.06. The Morgan fingerprint density at radius 1 is 1.14 bits per heavy atom. The van der Waals surface area contributed by atoms with E-state index in [4.69, 9.17) is 11.6 Å². The topological polar surface area (TPSA) is 28.2 Å². The van der Waals surface area contributed by atoms with Gasteiger partial charge in [0.1, 0.15) is 0 Å². The van der Waals surface area contributed by atoms with Crippen LogP contribution in [0.5, 0.6) is 0 Å². The first-order valence-corrected chi connectivity index (χ1v) is 7.75. The monoisotopic (exact) mass is 301 g/mol. The van der Waals surface area contributed by atoms with Crippen molar-refractivity contribution in [2.45, 2.75) is 13.0 Å². The van der Waals surface area contributed by atoms with E-state index in [1.807, 2.05) is 24.4 Å². The first-order valence-electron chi connectivity index (χ1n) is 7.37. The minimum atomic E-state index is 0.126. The molecule has 1 N–H and O–H groups in total. The van der Waals surface area contributed by atoms with Gasteiger partial charge in [-0.25, -0.2) is 0 Å². The van der Waals surface area contributed by atoms with Gasteiger partial charge in [-0.2, -0.15) is 0 Å². The van der Waals surface area contributed by atoms with Gasteiger partial charge in [-0.3, -0.25) is 9.88 Å². The highest BCUT2D eigenvalue weighted by Gasteiger charge is 2.26. The van der Waals surface area contributed by atoms with E-state index in [1.165, 1.54) is 5.56 Å². The van der Waals surface area contributed by atoms with E-state index in [1.54, 1.807) is 0 Å². The molecule has 1 aliphatic heterocycles. The number of hydrogen-bond acceptors (Lipinski definition) is 3. The lowest BCUT2D eigenvalue weighted by Crippen LogP contribution is -2.45. The number of piperazine rings is 1. The van der Waals surface area contributed by atoms with Crippen molar-refractivity contribution in [2.24, 2.45) is 0 Å². The molecule has 0 radical (unpaired) electrons. The molecule has 0 aliphatic carbocycles. The summed E-state index contributed by atoms with van der Waals surface area (Å²) in [6.45, 7) is 6.09. The largest absolute Gasteiger partial charge is 0.314 e. The molecule has 0 bridgehead atoms. The average molecular weight is 302 g/mol. The molecule has 1 saturated heterocycles. The second-order valence-electron chi connectivity index (χ2n) is 5.47. The van der Waals surface area contributed by atoms with E-state index in [2.05, 4.69) is 40.3 Å². The number of hydrogen-bond donors (Lipinski definition) is 1. The molecule has 1 aromatic carbocycles. The molecule has 1 unspecified atom stereocenters. The van der Waals surface area contributed by atoms with Gasteiger partial charge in [0.05, 0.1) is 11.7 Å². The van der Waals surface area contributed by atoms with E-state index < -0.39 is 0 Å². The van der Waals surface area contributed by atoms with Crippen LogP contribution in [0.3, 0.4) is 0 Å². The fourth-order valence-electron chi connectivity index (χ4n) is 2.82. The van der Waals surface area contributed by atoms with Crippen molar-refractivity contribution in [3.05, 3.63) is 64.4 Å². The molecule has 0 amide bonds. The van der Waals surface area contributed by atoms with E-state index in [0.717, 1.165) is 42.5 Å². The smallest absolute Gasteiger partial charge is 0.0791 e. The van der Waals surface area contributed by atoms with Crippen LogP contribution in [-0.2, 0) is 0 Å². The summed E-state index contributed by atoms with van der Waals surface area (Å²) in [5.41, 5.74) is 3.38. The van der Waals surface area contributed by atoms with Crippen LogP contribution in [-0.4, -0.2) is 36.1 Å². The van der Waals surface area contributed by atoms with Gasteiger partial charge >= 0.3 is 0 Å². The van der Waals surface area contributed by atoms with E-state index in [9.17, 15) is 0 Å². The van der Waals surface area contributed by atoms with Crippen molar-refractivity contribution in [2.75, 3.05) is 26.2 Å². The summed E-state index contributed by atoms with van der Waals surface area (Å²) in [5, 5.41) is 4.21. The second-order valence-corrected chi connectivity index (χ2v) is 5.88. The standard InChI is InChI=1S/C17H20ClN3/c1-13-6-7-16(20-12-13)17(21-10-8-19-9-11-21)14-4-2-3-5-15(14)18/h2-7,12,17,19H,8-11H2,1H3. The molecule has 0 saturated carbocycles. The Labute approximate surface area is 131 Å². The molecule has 1 atom stereocenters. The number of nitrogens with one attached hydrogen (secondary N) is 1. The summed E-state index contributed by atoms with van der Waals surface area (Å²) in [7, 11) is 0. The van der Waals surface area contributed by atoms with Crippen LogP contribution in [0.4, 0.5) is 0 Å². The summed E-state index contributed by atoms with van der Waals surface area (Å²) >= 11 is 6.45. The number of nitrogens with zero attached hydrogens (tertiary/aromatic N) is 2. The van der Waals surface area contributed by atoms with Crippen molar-refractivity contribution in [3.63, 3.8) is 0 Å². The highest BCUT2D eigenvalue weighted by Crippen LogP contribution is 2.32. The summed E-state index contributed by atoms with van der Waals surface area (Å²) < 4.78 is 0. The molecule has 2 heterocycles. The predicted molar refractivity (Wildman–Crippen MR) is 86.7 cm³/mol. The maximum Gasteiger partial charge on any atom is 0.0791 e. The molecular formula is C17H20ClN3. The summed E-state index contributed by atoms with van der Waals surface area (Å²) in [6.07, 6.45) is 1.93. The second kappa shape index (κ2) is 6.56. The number of rotatable bonds is 3. The maximum absolute atomic E-state index is 6.45. The van der Waals surface area contributed by atoms with Crippen molar-refractivity contribution in [1.82, 2.24) is 15.2 Å². The third-order valence-electron chi connectivity index (χ3n) is 3.93. The van der Waals surface area contributed by atoms with E-state index in [0.29, 0.717) is 0 Å². The fraction of sp³-hybridized carbons (Fsp3) is 0.353. The molecule has 1 aliphatic rings. The van der Waals surface area contributed by atoms with Gasteiger partial charge in [0, 0.05) is 37.4 Å². The van der Waals surface area contributed by atoms with Crippen molar-refractivity contribution in [3.8, 4) is 0 Å². The minimum absolute atomic E-state index is 0.126. The number of pyridine rings is 1. The number of benzene rings is 1. The highest BCUT2D eigenvalue weighted by atomic mass is 35.5. The van der Waals surface area contributed by atoms with Gasteiger partial charge in [-0.05, 0) is 30.2 Å². The normalized spacial score (nSPS) is 17.6. The summed E-state index contributed by atoms with van der Waals surface area (Å²) in [5.74, 6) is 0. The van der Waals surface area contributed by atoms with Gasteiger partial charge in [-0.15, -0.1) is 0 Å². The first kappa shape index (κ1) is 14.5. The van der Waals surface area contributed by atoms with Gasteiger partial charge in [-0.1, -0.05) is 35.9 Å². The van der Waals surface area contributed by atoms with Crippen LogP contribution in [0.2, 0.25) is 5.02 Å². The quantitative estimate of drug-likeness (QED) is 0.944. The average Bonchev–Trinajstić information content (AvgIpc) is 2.52. The number of aryl methyl sites for hydroxylation is 1. The Balaban J connectivity index is 2.01. The van der Waals surface area contributed by atoms with E-state index in [-0.39, 0.29) is 6.04 Å². The molecule has 110 valence electrons. The Bertz CT molecular complexity index is 591. The van der Waals surface area contributed by atoms with Gasteiger partial charge in [0.2, 0.25) is 0 Å². The van der Waals surface area contributed by atoms with Crippen LogP contribution in [0, 0.1) is 6.92 Å². The lowest BCUT2D eigenvalue weighted by Gasteiger charge is -2.35. The molecular weight excluding hydrogens is 282 g/mol. The van der Waals surface area contributed by atoms with Crippen LogP contribution in [0.1, 0.15) is 22.9 Å². The van der Waals surface area contributed by atoms with Crippen molar-refractivity contribution < 1.29 is 0 Å². The third kappa shape index (κ3) is 3.26. The molecule has 0 spiro atoms.